The van der Waals surface area contributed by atoms with Crippen LogP contribution < -0.4 is 0 Å². The van der Waals surface area contributed by atoms with Gasteiger partial charge in [0, 0.05) is 5.92 Å². The van der Waals surface area contributed by atoms with Gasteiger partial charge in [0.2, 0.25) is 0 Å². The van der Waals surface area contributed by atoms with Crippen molar-refractivity contribution in [1.82, 2.24) is 9.78 Å². The normalized spacial score (nSPS) is 16.0. The Balaban J connectivity index is 2.35. The molecule has 0 radical (unpaired) electrons. The molecule has 1 N–H and O–H groups in total. The van der Waals surface area contributed by atoms with Gasteiger partial charge in [-0.25, -0.2) is 0 Å². The largest absolute Gasteiger partial charge is 0.481 e. The fourth-order valence-corrected chi connectivity index (χ4v) is 2.59. The van der Waals surface area contributed by atoms with Crippen molar-refractivity contribution in [3.8, 4) is 0 Å². The van der Waals surface area contributed by atoms with Crippen molar-refractivity contribution >= 4 is 21.9 Å². The van der Waals surface area contributed by atoms with E-state index in [4.69, 9.17) is 5.11 Å². The highest BCUT2D eigenvalue weighted by Crippen LogP contribution is 2.46. The van der Waals surface area contributed by atoms with E-state index in [0.29, 0.717) is 5.69 Å². The fourth-order valence-electron chi connectivity index (χ4n) is 1.75. The van der Waals surface area contributed by atoms with Crippen LogP contribution in [0.25, 0.3) is 0 Å². The lowest BCUT2D eigenvalue weighted by Gasteiger charge is -2.04. The Bertz CT molecular complexity index is 480. The highest BCUT2D eigenvalue weighted by Gasteiger charge is 2.41. The molecule has 0 aliphatic heterocycles. The third kappa shape index (κ3) is 2.68. The van der Waals surface area contributed by atoms with Crippen LogP contribution in [0.1, 0.15) is 36.6 Å². The van der Waals surface area contributed by atoms with Crippen LogP contribution in [0.5, 0.6) is 0 Å². The van der Waals surface area contributed by atoms with Crippen molar-refractivity contribution in [3.05, 3.63) is 15.9 Å². The zero-order chi connectivity index (χ0) is 13.5. The summed E-state index contributed by atoms with van der Waals surface area (Å²) in [4.78, 5) is 10.5. The summed E-state index contributed by atoms with van der Waals surface area (Å²) in [7, 11) is 0. The second kappa shape index (κ2) is 4.56. The number of halogens is 4. The number of aryl methyl sites for hydroxylation is 1. The summed E-state index contributed by atoms with van der Waals surface area (Å²) in [5.74, 6) is -1.01. The summed E-state index contributed by atoms with van der Waals surface area (Å²) in [5, 5.41) is 12.1. The molecule has 1 aromatic heterocycles. The maximum Gasteiger partial charge on any atom is 0.436 e. The summed E-state index contributed by atoms with van der Waals surface area (Å²) in [6.07, 6.45) is -3.15. The van der Waals surface area contributed by atoms with Crippen LogP contribution in [0, 0.1) is 0 Å². The molecule has 0 amide bonds. The number of rotatable bonds is 4. The van der Waals surface area contributed by atoms with E-state index < -0.39 is 17.8 Å². The van der Waals surface area contributed by atoms with Gasteiger partial charge >= 0.3 is 12.1 Å². The van der Waals surface area contributed by atoms with Crippen LogP contribution in [0.15, 0.2) is 4.47 Å². The highest BCUT2D eigenvalue weighted by atomic mass is 79.9. The van der Waals surface area contributed by atoms with Crippen LogP contribution in [-0.4, -0.2) is 20.9 Å². The van der Waals surface area contributed by atoms with E-state index >= 15 is 0 Å². The van der Waals surface area contributed by atoms with Crippen LogP contribution in [0.3, 0.4) is 0 Å². The molecule has 1 heterocycles. The topological polar surface area (TPSA) is 55.1 Å². The van der Waals surface area contributed by atoms with Crippen molar-refractivity contribution in [2.45, 2.75) is 37.9 Å². The smallest absolute Gasteiger partial charge is 0.436 e. The molecule has 1 aliphatic rings. The van der Waals surface area contributed by atoms with Crippen LogP contribution in [-0.2, 0) is 17.5 Å². The van der Waals surface area contributed by atoms with E-state index in [2.05, 4.69) is 21.0 Å². The molecule has 1 aromatic rings. The molecule has 1 fully saturated rings. The molecule has 0 saturated heterocycles. The first-order valence-electron chi connectivity index (χ1n) is 5.36. The minimum absolute atomic E-state index is 0.0458. The van der Waals surface area contributed by atoms with Gasteiger partial charge < -0.3 is 5.11 Å². The number of aliphatic carboxylic acids is 1. The Morgan fingerprint density at radius 3 is 2.56 bits per heavy atom. The average Bonchev–Trinajstić information content (AvgIpc) is 2.99. The third-order valence-corrected chi connectivity index (χ3v) is 3.48. The van der Waals surface area contributed by atoms with E-state index in [-0.39, 0.29) is 23.4 Å². The number of hydrogen-bond acceptors (Lipinski definition) is 2. The van der Waals surface area contributed by atoms with Gasteiger partial charge in [0.05, 0.1) is 23.1 Å². The number of aromatic nitrogens is 2. The molecule has 0 unspecified atom stereocenters. The molecule has 0 aromatic carbocycles. The molecule has 1 saturated carbocycles. The molecule has 8 heteroatoms. The number of alkyl halides is 3. The molecule has 2 rings (SSSR count). The van der Waals surface area contributed by atoms with Crippen molar-refractivity contribution in [3.63, 3.8) is 0 Å². The van der Waals surface area contributed by atoms with E-state index in [1.807, 2.05) is 0 Å². The Hall–Kier alpha value is -1.05. The maximum absolute atomic E-state index is 12.7. The minimum Gasteiger partial charge on any atom is -0.481 e. The number of hydrogen-bond donors (Lipinski definition) is 1. The molecule has 18 heavy (non-hydrogen) atoms. The maximum atomic E-state index is 12.7. The zero-order valence-electron chi connectivity index (χ0n) is 9.17. The van der Waals surface area contributed by atoms with Gasteiger partial charge in [0.1, 0.15) is 0 Å². The Labute approximate surface area is 109 Å². The number of carbonyl (C=O) groups is 1. The first-order chi connectivity index (χ1) is 8.30. The van der Waals surface area contributed by atoms with Gasteiger partial charge in [-0.1, -0.05) is 0 Å². The van der Waals surface area contributed by atoms with E-state index in [1.165, 1.54) is 4.68 Å². The zero-order valence-corrected chi connectivity index (χ0v) is 10.8. The monoisotopic (exact) mass is 326 g/mol. The quantitative estimate of drug-likeness (QED) is 0.925. The van der Waals surface area contributed by atoms with Crippen LogP contribution in [0.4, 0.5) is 13.2 Å². The van der Waals surface area contributed by atoms with E-state index in [9.17, 15) is 18.0 Å². The van der Waals surface area contributed by atoms with Gasteiger partial charge in [-0.05, 0) is 28.8 Å². The van der Waals surface area contributed by atoms with Crippen molar-refractivity contribution < 1.29 is 23.1 Å². The second-order valence-electron chi connectivity index (χ2n) is 4.19. The van der Waals surface area contributed by atoms with Gasteiger partial charge in [-0.15, -0.1) is 0 Å². The molecule has 1 aliphatic carbocycles. The standard InChI is InChI=1S/C10H10BrF3N2O2/c11-7-8(5-1-2-5)16(4-3-6(17)18)15-9(7)10(12,13)14/h5H,1-4H2,(H,17,18). The van der Waals surface area contributed by atoms with E-state index in [0.717, 1.165) is 12.8 Å². The predicted molar refractivity (Wildman–Crippen MR) is 59.2 cm³/mol. The minimum atomic E-state index is -4.53. The van der Waals surface area contributed by atoms with Crippen LogP contribution >= 0.6 is 15.9 Å². The third-order valence-electron chi connectivity index (χ3n) is 2.70. The Morgan fingerprint density at radius 2 is 2.11 bits per heavy atom. The van der Waals surface area contributed by atoms with Gasteiger partial charge in [-0.2, -0.15) is 18.3 Å². The number of carboxylic acid groups (broad SMARTS) is 1. The summed E-state index contributed by atoms with van der Waals surface area (Å²) in [6, 6.07) is 0. The first-order valence-corrected chi connectivity index (χ1v) is 6.15. The number of nitrogens with zero attached hydrogens (tertiary/aromatic N) is 2. The average molecular weight is 327 g/mol. The molecule has 0 atom stereocenters. The lowest BCUT2D eigenvalue weighted by Crippen LogP contribution is -2.11. The predicted octanol–water partition coefficient (Wildman–Crippen LogP) is 3.02. The van der Waals surface area contributed by atoms with Crippen LogP contribution in [0.2, 0.25) is 0 Å². The van der Waals surface area contributed by atoms with Crippen molar-refractivity contribution in [2.75, 3.05) is 0 Å². The lowest BCUT2D eigenvalue weighted by molar-refractivity contribution is -0.142. The second-order valence-corrected chi connectivity index (χ2v) is 4.98. The molecule has 0 spiro atoms. The van der Waals surface area contributed by atoms with Gasteiger partial charge in [-0.3, -0.25) is 9.48 Å². The SMILES string of the molecule is O=C(O)CCn1nc(C(F)(F)F)c(Br)c1C1CC1. The lowest BCUT2D eigenvalue weighted by atomic mass is 10.2. The number of carboxylic acids is 1. The molecular weight excluding hydrogens is 317 g/mol. The summed E-state index contributed by atoms with van der Waals surface area (Å²) >= 11 is 2.93. The Kier molecular flexibility index (Phi) is 3.39. The van der Waals surface area contributed by atoms with Gasteiger partial charge in [0.25, 0.3) is 0 Å². The molecule has 100 valence electrons. The molecule has 0 bridgehead atoms. The summed E-state index contributed by atoms with van der Waals surface area (Å²) in [5.41, 5.74) is -0.515. The first kappa shape index (κ1) is 13.4. The van der Waals surface area contributed by atoms with Crippen molar-refractivity contribution in [2.24, 2.45) is 0 Å². The summed E-state index contributed by atoms with van der Waals surface area (Å²) in [6.45, 7) is -0.0458. The van der Waals surface area contributed by atoms with E-state index in [1.54, 1.807) is 0 Å². The fraction of sp³-hybridized carbons (Fsp3) is 0.600. The Morgan fingerprint density at radius 1 is 1.50 bits per heavy atom. The highest BCUT2D eigenvalue weighted by molar-refractivity contribution is 9.10. The molecule has 4 nitrogen and oxygen atoms in total. The van der Waals surface area contributed by atoms with Crippen molar-refractivity contribution in [1.29, 1.82) is 0 Å². The molecular formula is C10H10BrF3N2O2. The van der Waals surface area contributed by atoms with Gasteiger partial charge in [0.15, 0.2) is 5.69 Å². The summed E-state index contributed by atoms with van der Waals surface area (Å²) < 4.78 is 39.2.